The Bertz CT molecular complexity index is 814. The standard InChI is InChI=1S/C15H21BN4O8S/c1-15(2,13(24)25)28-20-11(8-6-29-14(17)18-8)12(23)19-9-4-3-7(5-10(21)22)27-16(9)26/h6-7,9,26H,3-5H2,1-2H3,(H2,17,18)(H,19,23)(H,21,22)(H,24,25)/b20-11-/t7-,9-/m0/s1. The number of carbonyl (C=O) groups is 3. The van der Waals surface area contributed by atoms with Gasteiger partial charge in [-0.2, -0.15) is 0 Å². The zero-order chi connectivity index (χ0) is 21.8. The molecule has 14 heteroatoms. The molecule has 0 bridgehead atoms. The average Bonchev–Trinajstić information content (AvgIpc) is 3.03. The molecule has 1 fully saturated rings. The summed E-state index contributed by atoms with van der Waals surface area (Å²) in [5, 5.41) is 35.8. The van der Waals surface area contributed by atoms with Crippen LogP contribution >= 0.6 is 11.3 Å². The van der Waals surface area contributed by atoms with E-state index in [1.54, 1.807) is 0 Å². The number of thiazole rings is 1. The van der Waals surface area contributed by atoms with E-state index in [-0.39, 0.29) is 29.4 Å². The van der Waals surface area contributed by atoms with Gasteiger partial charge in [-0.1, -0.05) is 5.16 Å². The van der Waals surface area contributed by atoms with Crippen molar-refractivity contribution in [1.82, 2.24) is 10.3 Å². The zero-order valence-corrected chi connectivity index (χ0v) is 16.5. The first-order valence-electron chi connectivity index (χ1n) is 8.56. The first kappa shape index (κ1) is 22.6. The van der Waals surface area contributed by atoms with Gasteiger partial charge in [0.2, 0.25) is 5.60 Å². The summed E-state index contributed by atoms with van der Waals surface area (Å²) in [5.74, 6) is -3.97. The van der Waals surface area contributed by atoms with Crippen molar-refractivity contribution in [2.75, 3.05) is 5.73 Å². The number of hydrogen-bond acceptors (Lipinski definition) is 10. The van der Waals surface area contributed by atoms with Gasteiger partial charge < -0.3 is 35.8 Å². The van der Waals surface area contributed by atoms with Gasteiger partial charge in [-0.25, -0.2) is 9.78 Å². The van der Waals surface area contributed by atoms with E-state index >= 15 is 0 Å². The molecule has 1 aromatic rings. The van der Waals surface area contributed by atoms with Crippen LogP contribution in [0.25, 0.3) is 0 Å². The van der Waals surface area contributed by atoms with Gasteiger partial charge in [-0.3, -0.25) is 9.59 Å². The largest absolute Gasteiger partial charge is 0.481 e. The molecule has 29 heavy (non-hydrogen) atoms. The Hall–Kier alpha value is -2.71. The molecule has 0 spiro atoms. The van der Waals surface area contributed by atoms with E-state index in [4.69, 9.17) is 25.4 Å². The van der Waals surface area contributed by atoms with Crippen LogP contribution in [0.2, 0.25) is 0 Å². The molecule has 0 aromatic carbocycles. The highest BCUT2D eigenvalue weighted by Gasteiger charge is 2.38. The molecule has 6 N–H and O–H groups in total. The highest BCUT2D eigenvalue weighted by molar-refractivity contribution is 7.13. The molecule has 2 rings (SSSR count). The van der Waals surface area contributed by atoms with Crippen molar-refractivity contribution in [1.29, 1.82) is 0 Å². The molecule has 158 valence electrons. The van der Waals surface area contributed by atoms with Crippen LogP contribution in [-0.4, -0.2) is 68.5 Å². The zero-order valence-electron chi connectivity index (χ0n) is 15.7. The smallest absolute Gasteiger partial charge is 0.478 e. The van der Waals surface area contributed by atoms with Crippen molar-refractivity contribution in [3.63, 3.8) is 0 Å². The monoisotopic (exact) mass is 428 g/mol. The maximum Gasteiger partial charge on any atom is 0.478 e. The molecule has 1 aromatic heterocycles. The van der Waals surface area contributed by atoms with Gasteiger partial charge >= 0.3 is 19.1 Å². The Morgan fingerprint density at radius 2 is 2.14 bits per heavy atom. The number of aliphatic carboxylic acids is 2. The number of oxime groups is 1. The first-order valence-corrected chi connectivity index (χ1v) is 9.44. The first-order chi connectivity index (χ1) is 13.5. The van der Waals surface area contributed by atoms with Gasteiger partial charge in [0.05, 0.1) is 18.5 Å². The molecule has 2 atom stereocenters. The minimum atomic E-state index is -1.70. The number of hydrogen-bond donors (Lipinski definition) is 5. The summed E-state index contributed by atoms with van der Waals surface area (Å²) in [6.45, 7) is 2.51. The fourth-order valence-electron chi connectivity index (χ4n) is 2.39. The van der Waals surface area contributed by atoms with Gasteiger partial charge in [0.15, 0.2) is 10.8 Å². The number of rotatable bonds is 8. The normalized spacial score (nSPS) is 20.2. The van der Waals surface area contributed by atoms with E-state index in [1.807, 2.05) is 0 Å². The van der Waals surface area contributed by atoms with Crippen LogP contribution in [0.3, 0.4) is 0 Å². The Kier molecular flexibility index (Phi) is 7.16. The second kappa shape index (κ2) is 9.20. The average molecular weight is 428 g/mol. The molecule has 1 aliphatic rings. The molecular formula is C15H21BN4O8S. The topological polar surface area (TPSA) is 194 Å². The maximum atomic E-state index is 12.7. The summed E-state index contributed by atoms with van der Waals surface area (Å²) in [6.07, 6.45) is -0.353. The van der Waals surface area contributed by atoms with E-state index in [0.29, 0.717) is 6.42 Å². The van der Waals surface area contributed by atoms with Crippen LogP contribution in [0.15, 0.2) is 10.5 Å². The Labute approximate surface area is 169 Å². The highest BCUT2D eigenvalue weighted by atomic mass is 32.1. The second-order valence-electron chi connectivity index (χ2n) is 6.82. The number of carboxylic acid groups (broad SMARTS) is 2. The molecule has 0 radical (unpaired) electrons. The van der Waals surface area contributed by atoms with Crippen molar-refractivity contribution in [3.8, 4) is 0 Å². The number of carboxylic acids is 2. The SMILES string of the molecule is CC(C)(O/N=C(\C(=O)N[C@H]1CC[C@@H](CC(=O)O)OB1O)c1csc(N)n1)C(=O)O. The van der Waals surface area contributed by atoms with Crippen LogP contribution < -0.4 is 11.1 Å². The van der Waals surface area contributed by atoms with E-state index < -0.39 is 42.6 Å². The summed E-state index contributed by atoms with van der Waals surface area (Å²) < 4.78 is 5.22. The number of nitrogens with one attached hydrogen (secondary N) is 1. The number of anilines is 1. The van der Waals surface area contributed by atoms with E-state index in [1.165, 1.54) is 19.2 Å². The third-order valence-corrected chi connectivity index (χ3v) is 4.73. The third-order valence-electron chi connectivity index (χ3n) is 4.05. The number of nitrogen functional groups attached to an aromatic ring is 1. The number of amides is 1. The summed E-state index contributed by atoms with van der Waals surface area (Å²) in [4.78, 5) is 43.6. The molecule has 0 unspecified atom stereocenters. The summed E-state index contributed by atoms with van der Waals surface area (Å²) >= 11 is 1.05. The predicted molar refractivity (Wildman–Crippen MR) is 102 cm³/mol. The van der Waals surface area contributed by atoms with Crippen molar-refractivity contribution in [3.05, 3.63) is 11.1 Å². The molecule has 2 heterocycles. The van der Waals surface area contributed by atoms with E-state index in [2.05, 4.69) is 15.5 Å². The lowest BCUT2D eigenvalue weighted by atomic mass is 9.72. The lowest BCUT2D eigenvalue weighted by molar-refractivity contribution is -0.161. The maximum absolute atomic E-state index is 12.7. The molecule has 0 saturated carbocycles. The van der Waals surface area contributed by atoms with Crippen molar-refractivity contribution in [2.24, 2.45) is 5.16 Å². The van der Waals surface area contributed by atoms with Crippen LogP contribution in [0, 0.1) is 0 Å². The number of carbonyl (C=O) groups excluding carboxylic acids is 1. The van der Waals surface area contributed by atoms with Gasteiger partial charge in [0.25, 0.3) is 5.91 Å². The molecule has 1 saturated heterocycles. The quantitative estimate of drug-likeness (QED) is 0.204. The summed E-state index contributed by atoms with van der Waals surface area (Å²) in [5.41, 5.74) is 3.63. The van der Waals surface area contributed by atoms with Crippen LogP contribution in [0.4, 0.5) is 5.13 Å². The Balaban J connectivity index is 2.14. The number of nitrogens with two attached hydrogens (primary N) is 1. The lowest BCUT2D eigenvalue weighted by Crippen LogP contribution is -2.54. The van der Waals surface area contributed by atoms with Gasteiger partial charge in [0.1, 0.15) is 5.69 Å². The lowest BCUT2D eigenvalue weighted by Gasteiger charge is -2.30. The van der Waals surface area contributed by atoms with Crippen molar-refractivity contribution in [2.45, 2.75) is 50.8 Å². The summed E-state index contributed by atoms with van der Waals surface area (Å²) in [7, 11) is -1.42. The minimum Gasteiger partial charge on any atom is -0.481 e. The van der Waals surface area contributed by atoms with Crippen LogP contribution in [-0.2, 0) is 23.9 Å². The van der Waals surface area contributed by atoms with Crippen molar-refractivity contribution >= 4 is 47.1 Å². The Morgan fingerprint density at radius 1 is 1.45 bits per heavy atom. The van der Waals surface area contributed by atoms with E-state index in [0.717, 1.165) is 11.3 Å². The highest BCUT2D eigenvalue weighted by Crippen LogP contribution is 2.20. The minimum absolute atomic E-state index is 0.0705. The Morgan fingerprint density at radius 3 is 2.66 bits per heavy atom. The van der Waals surface area contributed by atoms with Gasteiger partial charge in [-0.05, 0) is 26.7 Å². The third kappa shape index (κ3) is 6.14. The fraction of sp³-hybridized carbons (Fsp3) is 0.533. The van der Waals surface area contributed by atoms with Gasteiger partial charge in [0, 0.05) is 5.38 Å². The molecule has 1 aliphatic heterocycles. The summed E-state index contributed by atoms with van der Waals surface area (Å²) in [6, 6.07) is 0. The fourth-order valence-corrected chi connectivity index (χ4v) is 2.94. The molecule has 12 nitrogen and oxygen atoms in total. The molecule has 1 amide bonds. The second-order valence-corrected chi connectivity index (χ2v) is 7.71. The number of aromatic nitrogens is 1. The molecule has 0 aliphatic carbocycles. The van der Waals surface area contributed by atoms with E-state index in [9.17, 15) is 19.4 Å². The van der Waals surface area contributed by atoms with Gasteiger partial charge in [-0.15, -0.1) is 11.3 Å². The van der Waals surface area contributed by atoms with Crippen LogP contribution in [0.5, 0.6) is 0 Å². The predicted octanol–water partition coefficient (Wildman–Crippen LogP) is -0.533. The number of nitrogens with zero attached hydrogens (tertiary/aromatic N) is 2. The van der Waals surface area contributed by atoms with Crippen molar-refractivity contribution < 1.29 is 39.1 Å². The van der Waals surface area contributed by atoms with Crippen LogP contribution in [0.1, 0.15) is 38.8 Å². The molecular weight excluding hydrogens is 407 g/mol.